The van der Waals surface area contributed by atoms with Crippen LogP contribution in [0.15, 0.2) is 45.8 Å². The van der Waals surface area contributed by atoms with E-state index in [-0.39, 0.29) is 53.6 Å². The maximum Gasteiger partial charge on any atom is 0.341 e. The molecule has 0 unspecified atom stereocenters. The van der Waals surface area contributed by atoms with Crippen molar-refractivity contribution in [1.29, 1.82) is 0 Å². The van der Waals surface area contributed by atoms with Crippen molar-refractivity contribution in [1.82, 2.24) is 14.9 Å². The third-order valence-corrected chi connectivity index (χ3v) is 5.91. The molecule has 0 radical (unpaired) electrons. The van der Waals surface area contributed by atoms with Crippen LogP contribution in [0.5, 0.6) is 5.75 Å². The van der Waals surface area contributed by atoms with Crippen LogP contribution in [0.3, 0.4) is 0 Å². The molecule has 1 atom stereocenters. The SMILES string of the molecule is CC(=Nc1cc(OC2CN(C(=O)N3N=CC[C@@H]3c3cc(F)cc(F)c3F)C2)c(F)cn1)C(C(N)=O)=C(C)N. The van der Waals surface area contributed by atoms with Crippen molar-refractivity contribution in [3.63, 3.8) is 0 Å². The van der Waals surface area contributed by atoms with E-state index in [1.165, 1.54) is 31.0 Å². The van der Waals surface area contributed by atoms with Crippen LogP contribution < -0.4 is 16.2 Å². The predicted molar refractivity (Wildman–Crippen MR) is 128 cm³/mol. The molecule has 0 saturated carbocycles. The Morgan fingerprint density at radius 2 is 1.79 bits per heavy atom. The molecule has 0 spiro atoms. The highest BCUT2D eigenvalue weighted by atomic mass is 19.2. The molecule has 4 N–H and O–H groups in total. The summed E-state index contributed by atoms with van der Waals surface area (Å²) in [4.78, 5) is 33.9. The zero-order valence-electron chi connectivity index (χ0n) is 20.3. The van der Waals surface area contributed by atoms with Gasteiger partial charge >= 0.3 is 6.03 Å². The van der Waals surface area contributed by atoms with Crippen molar-refractivity contribution >= 4 is 29.7 Å². The largest absolute Gasteiger partial charge is 0.483 e. The van der Waals surface area contributed by atoms with Gasteiger partial charge in [0.1, 0.15) is 11.9 Å². The summed E-state index contributed by atoms with van der Waals surface area (Å²) in [7, 11) is 0. The average molecular weight is 533 g/mol. The second-order valence-corrected chi connectivity index (χ2v) is 8.70. The maximum atomic E-state index is 14.3. The highest BCUT2D eigenvalue weighted by molar-refractivity contribution is 6.21. The molecule has 0 aliphatic carbocycles. The van der Waals surface area contributed by atoms with Crippen LogP contribution in [0.1, 0.15) is 31.9 Å². The number of urea groups is 1. The Balaban J connectivity index is 1.43. The van der Waals surface area contributed by atoms with Crippen molar-refractivity contribution in [2.75, 3.05) is 13.1 Å². The molecule has 1 aromatic heterocycles. The number of rotatable bonds is 6. The van der Waals surface area contributed by atoms with Gasteiger partial charge in [0.05, 0.1) is 36.6 Å². The van der Waals surface area contributed by atoms with Crippen LogP contribution in [0.25, 0.3) is 0 Å². The molecule has 14 heteroatoms. The number of nitrogens with zero attached hydrogens (tertiary/aromatic N) is 5. The molecule has 2 aromatic rings. The van der Waals surface area contributed by atoms with E-state index in [2.05, 4.69) is 15.1 Å². The molecular weight excluding hydrogens is 510 g/mol. The molecule has 1 saturated heterocycles. The van der Waals surface area contributed by atoms with Crippen molar-refractivity contribution < 1.29 is 31.9 Å². The molecule has 0 bridgehead atoms. The molecule has 3 heterocycles. The molecule has 1 fully saturated rings. The molecule has 10 nitrogen and oxygen atoms in total. The first kappa shape index (κ1) is 26.6. The second kappa shape index (κ2) is 10.5. The van der Waals surface area contributed by atoms with Crippen molar-refractivity contribution in [2.24, 2.45) is 21.6 Å². The highest BCUT2D eigenvalue weighted by Crippen LogP contribution is 2.34. The minimum absolute atomic E-state index is 0.00970. The number of halogens is 4. The minimum atomic E-state index is -1.37. The van der Waals surface area contributed by atoms with Crippen LogP contribution in [0.4, 0.5) is 28.2 Å². The molecule has 38 heavy (non-hydrogen) atoms. The van der Waals surface area contributed by atoms with Gasteiger partial charge in [-0.3, -0.25) is 4.79 Å². The lowest BCUT2D eigenvalue weighted by atomic mass is 10.0. The van der Waals surface area contributed by atoms with Gasteiger partial charge in [-0.15, -0.1) is 0 Å². The van der Waals surface area contributed by atoms with Crippen molar-refractivity contribution in [2.45, 2.75) is 32.4 Å². The Labute approximate surface area is 214 Å². The first-order valence-electron chi connectivity index (χ1n) is 11.3. The number of carbonyl (C=O) groups excluding carboxylic acids is 2. The Kier molecular flexibility index (Phi) is 7.32. The summed E-state index contributed by atoms with van der Waals surface area (Å²) < 4.78 is 61.7. The molecule has 2 aliphatic heterocycles. The number of carbonyl (C=O) groups is 2. The molecule has 2 aliphatic rings. The van der Waals surface area contributed by atoms with Gasteiger partial charge < -0.3 is 21.1 Å². The summed E-state index contributed by atoms with van der Waals surface area (Å²) in [5.74, 6) is -5.31. The van der Waals surface area contributed by atoms with E-state index >= 15 is 0 Å². The van der Waals surface area contributed by atoms with Gasteiger partial charge in [0.15, 0.2) is 29.0 Å². The first-order valence-corrected chi connectivity index (χ1v) is 11.3. The van der Waals surface area contributed by atoms with Gasteiger partial charge in [-0.1, -0.05) is 0 Å². The molecule has 3 amide bonds. The number of likely N-dealkylation sites (tertiary alicyclic amines) is 1. The number of nitrogens with two attached hydrogens (primary N) is 2. The van der Waals surface area contributed by atoms with Crippen LogP contribution in [-0.4, -0.2) is 58.0 Å². The van der Waals surface area contributed by atoms with Gasteiger partial charge in [-0.25, -0.2) is 37.3 Å². The monoisotopic (exact) mass is 533 g/mol. The number of aromatic nitrogens is 1. The summed E-state index contributed by atoms with van der Waals surface area (Å²) in [5, 5.41) is 4.88. The number of hydrogen-bond acceptors (Lipinski definition) is 7. The number of allylic oxidation sites excluding steroid dienone is 1. The molecule has 1 aromatic carbocycles. The van der Waals surface area contributed by atoms with Crippen molar-refractivity contribution in [3.8, 4) is 5.75 Å². The van der Waals surface area contributed by atoms with Gasteiger partial charge in [-0.05, 0) is 19.9 Å². The molecule has 200 valence electrons. The third kappa shape index (κ3) is 5.28. The number of benzene rings is 1. The highest BCUT2D eigenvalue weighted by Gasteiger charge is 2.40. The second-order valence-electron chi connectivity index (χ2n) is 8.70. The summed E-state index contributed by atoms with van der Waals surface area (Å²) in [6, 6.07) is 0.805. The number of ether oxygens (including phenoxy) is 1. The summed E-state index contributed by atoms with van der Waals surface area (Å²) >= 11 is 0. The van der Waals surface area contributed by atoms with E-state index in [9.17, 15) is 27.2 Å². The maximum absolute atomic E-state index is 14.3. The topological polar surface area (TPSA) is 140 Å². The lowest BCUT2D eigenvalue weighted by Gasteiger charge is -2.41. The van der Waals surface area contributed by atoms with Gasteiger partial charge in [-0.2, -0.15) is 5.10 Å². The van der Waals surface area contributed by atoms with E-state index in [1.54, 1.807) is 0 Å². The van der Waals surface area contributed by atoms with E-state index in [0.717, 1.165) is 17.3 Å². The van der Waals surface area contributed by atoms with Crippen LogP contribution in [-0.2, 0) is 4.79 Å². The Morgan fingerprint density at radius 3 is 2.45 bits per heavy atom. The van der Waals surface area contributed by atoms with Crippen LogP contribution in [0.2, 0.25) is 0 Å². The lowest BCUT2D eigenvalue weighted by molar-refractivity contribution is -0.114. The average Bonchev–Trinajstić information content (AvgIpc) is 3.29. The summed E-state index contributed by atoms with van der Waals surface area (Å²) in [6.07, 6.45) is 1.71. The predicted octanol–water partition coefficient (Wildman–Crippen LogP) is 3.06. The normalized spacial score (nSPS) is 18.4. The number of pyridine rings is 1. The zero-order valence-corrected chi connectivity index (χ0v) is 20.3. The minimum Gasteiger partial charge on any atom is -0.483 e. The standard InChI is InChI=1S/C24H23F4N7O3/c1-11(29)21(23(30)36)12(2)33-20-7-19(17(27)8-31-20)38-14-9-34(10-14)24(37)35-18(3-4-32-35)15-5-13(25)6-16(26)22(15)28/h4-8,14,18H,3,9-10,29H2,1-2H3,(H2,30,36)/t18-/m1/s1. The summed E-state index contributed by atoms with van der Waals surface area (Å²) in [6.45, 7) is 3.06. The fourth-order valence-electron chi connectivity index (χ4n) is 4.12. The van der Waals surface area contributed by atoms with Crippen molar-refractivity contribution in [3.05, 3.63) is 64.5 Å². The fraction of sp³-hybridized carbons (Fsp3) is 0.292. The number of hydrogen-bond donors (Lipinski definition) is 2. The first-order chi connectivity index (χ1) is 18.0. The Hall–Kier alpha value is -4.49. The smallest absolute Gasteiger partial charge is 0.341 e. The van der Waals surface area contributed by atoms with Gasteiger partial charge in [0.2, 0.25) is 0 Å². The number of aliphatic imine (C=N–C) groups is 1. The van der Waals surface area contributed by atoms with Gasteiger partial charge in [0.25, 0.3) is 5.91 Å². The van der Waals surface area contributed by atoms with E-state index < -0.39 is 47.4 Å². The lowest BCUT2D eigenvalue weighted by Crippen LogP contribution is -2.59. The quantitative estimate of drug-likeness (QED) is 0.254. The molecular formula is C24H23F4N7O3. The Bertz CT molecular complexity index is 1390. The van der Waals surface area contributed by atoms with E-state index in [1.807, 2.05) is 0 Å². The summed E-state index contributed by atoms with van der Waals surface area (Å²) in [5.41, 5.74) is 11.0. The van der Waals surface area contributed by atoms with E-state index in [4.69, 9.17) is 16.2 Å². The van der Waals surface area contributed by atoms with Gasteiger partial charge in [0, 0.05) is 36.0 Å². The third-order valence-electron chi connectivity index (χ3n) is 5.91. The van der Waals surface area contributed by atoms with Crippen LogP contribution >= 0.6 is 0 Å². The number of primary amides is 1. The fourth-order valence-corrected chi connectivity index (χ4v) is 4.12. The number of amides is 3. The van der Waals surface area contributed by atoms with Crippen LogP contribution in [0, 0.1) is 23.3 Å². The number of hydrazone groups is 1. The molecule has 4 rings (SSSR count). The van der Waals surface area contributed by atoms with E-state index in [0.29, 0.717) is 6.07 Å². The Morgan fingerprint density at radius 1 is 1.08 bits per heavy atom. The zero-order chi connectivity index (χ0) is 27.7.